The molecule has 132 valence electrons. The Bertz CT molecular complexity index is 350. The van der Waals surface area contributed by atoms with Crippen LogP contribution in [-0.2, 0) is 4.79 Å². The Balaban J connectivity index is 0. The number of aliphatic hydroxyl groups is 1. The van der Waals surface area contributed by atoms with Crippen LogP contribution in [0.5, 0.6) is 0 Å². The van der Waals surface area contributed by atoms with Gasteiger partial charge in [0.1, 0.15) is 6.54 Å². The fourth-order valence-electron chi connectivity index (χ4n) is 1.70. The van der Waals surface area contributed by atoms with E-state index in [0.29, 0.717) is 31.9 Å². The Hall–Kier alpha value is -0.570. The van der Waals surface area contributed by atoms with E-state index in [1.54, 1.807) is 0 Å². The lowest BCUT2D eigenvalue weighted by Gasteiger charge is -2.26. The van der Waals surface area contributed by atoms with E-state index in [4.69, 9.17) is 0 Å². The fraction of sp³-hybridized carbons (Fsp3) is 0.867. The molecule has 6 nitrogen and oxygen atoms in total. The number of carbonyl (C=O) groups excluding carboxylic acids is 1. The normalized spacial score (nSPS) is 12.4. The number of halogens is 1. The molecule has 0 rings (SSSR count). The molecule has 0 aliphatic heterocycles. The number of guanidine groups is 1. The van der Waals surface area contributed by atoms with Crippen LogP contribution in [0.25, 0.3) is 0 Å². The number of rotatable bonds is 7. The van der Waals surface area contributed by atoms with Gasteiger partial charge < -0.3 is 21.1 Å². The second-order valence-electron chi connectivity index (χ2n) is 6.28. The quantitative estimate of drug-likeness (QED) is 0.282. The van der Waals surface area contributed by atoms with Crippen molar-refractivity contribution in [1.29, 1.82) is 0 Å². The summed E-state index contributed by atoms with van der Waals surface area (Å²) in [6, 6.07) is 0. The molecule has 0 aromatic carbocycles. The van der Waals surface area contributed by atoms with Crippen LogP contribution in [0.4, 0.5) is 0 Å². The number of carbonyl (C=O) groups is 1. The molecule has 0 fully saturated rings. The van der Waals surface area contributed by atoms with E-state index < -0.39 is 5.60 Å². The molecule has 0 saturated heterocycles. The molecule has 0 unspecified atom stereocenters. The fourth-order valence-corrected chi connectivity index (χ4v) is 1.70. The number of hydrogen-bond donors (Lipinski definition) is 4. The van der Waals surface area contributed by atoms with Gasteiger partial charge in [-0.15, -0.1) is 24.0 Å². The molecule has 22 heavy (non-hydrogen) atoms. The molecule has 0 radical (unpaired) electrons. The summed E-state index contributed by atoms with van der Waals surface area (Å²) in [7, 11) is 0. The summed E-state index contributed by atoms with van der Waals surface area (Å²) >= 11 is 0. The highest BCUT2D eigenvalue weighted by atomic mass is 127. The van der Waals surface area contributed by atoms with Gasteiger partial charge in [-0.3, -0.25) is 4.79 Å². The minimum absolute atomic E-state index is 0. The molecular weight excluding hydrogens is 395 g/mol. The summed E-state index contributed by atoms with van der Waals surface area (Å²) < 4.78 is 0. The number of amides is 1. The summed E-state index contributed by atoms with van der Waals surface area (Å²) in [6.07, 6.45) is 1.33. The largest absolute Gasteiger partial charge is 0.388 e. The topological polar surface area (TPSA) is 85.8 Å². The lowest BCUT2D eigenvalue weighted by atomic mass is 9.98. The Kier molecular flexibility index (Phi) is 11.9. The van der Waals surface area contributed by atoms with E-state index in [1.165, 1.54) is 0 Å². The predicted molar refractivity (Wildman–Crippen MR) is 103 cm³/mol. The third-order valence-corrected chi connectivity index (χ3v) is 3.14. The summed E-state index contributed by atoms with van der Waals surface area (Å²) in [6.45, 7) is 12.8. The van der Waals surface area contributed by atoms with Gasteiger partial charge in [0, 0.05) is 18.6 Å². The maximum atomic E-state index is 11.8. The van der Waals surface area contributed by atoms with Crippen LogP contribution in [0.2, 0.25) is 0 Å². The van der Waals surface area contributed by atoms with Crippen molar-refractivity contribution in [3.8, 4) is 0 Å². The Morgan fingerprint density at radius 3 is 2.05 bits per heavy atom. The summed E-state index contributed by atoms with van der Waals surface area (Å²) in [5, 5.41) is 19.3. The molecule has 0 aliphatic carbocycles. The minimum atomic E-state index is -0.746. The van der Waals surface area contributed by atoms with Gasteiger partial charge in [-0.05, 0) is 40.5 Å². The minimum Gasteiger partial charge on any atom is -0.388 e. The third kappa shape index (κ3) is 11.1. The molecule has 0 bridgehead atoms. The van der Waals surface area contributed by atoms with Crippen LogP contribution < -0.4 is 16.0 Å². The van der Waals surface area contributed by atoms with Gasteiger partial charge in [-0.25, -0.2) is 4.99 Å². The second-order valence-corrected chi connectivity index (χ2v) is 6.28. The van der Waals surface area contributed by atoms with Gasteiger partial charge in [0.25, 0.3) is 0 Å². The molecular formula is C15H33IN4O2. The second kappa shape index (κ2) is 11.0. The van der Waals surface area contributed by atoms with Crippen molar-refractivity contribution >= 4 is 35.8 Å². The van der Waals surface area contributed by atoms with E-state index in [-0.39, 0.29) is 42.0 Å². The van der Waals surface area contributed by atoms with E-state index in [0.717, 1.165) is 0 Å². The van der Waals surface area contributed by atoms with Crippen LogP contribution >= 0.6 is 24.0 Å². The van der Waals surface area contributed by atoms with Gasteiger partial charge in [0.05, 0.1) is 5.60 Å². The highest BCUT2D eigenvalue weighted by molar-refractivity contribution is 14.0. The molecule has 0 aliphatic rings. The van der Waals surface area contributed by atoms with Crippen molar-refractivity contribution in [1.82, 2.24) is 16.0 Å². The predicted octanol–water partition coefficient (Wildman–Crippen LogP) is 1.63. The monoisotopic (exact) mass is 428 g/mol. The molecule has 0 spiro atoms. The van der Waals surface area contributed by atoms with Crippen molar-refractivity contribution in [2.75, 3.05) is 19.6 Å². The molecule has 4 N–H and O–H groups in total. The smallest absolute Gasteiger partial charge is 0.242 e. The van der Waals surface area contributed by atoms with Crippen LogP contribution in [0.3, 0.4) is 0 Å². The standard InChI is InChI=1S/C15H32N4O2.HI/c1-7-15(21,8-2)11-18-13(16-9-3)17-10-12(20)19-14(4,5)6;/h21H,7-11H2,1-6H3,(H,19,20)(H2,16,17,18);1H. The lowest BCUT2D eigenvalue weighted by Crippen LogP contribution is -2.47. The van der Waals surface area contributed by atoms with Crippen molar-refractivity contribution in [2.45, 2.75) is 65.5 Å². The highest BCUT2D eigenvalue weighted by Crippen LogP contribution is 2.12. The van der Waals surface area contributed by atoms with Crippen LogP contribution in [0.15, 0.2) is 4.99 Å². The first-order valence-electron chi connectivity index (χ1n) is 7.71. The van der Waals surface area contributed by atoms with Crippen LogP contribution in [0.1, 0.15) is 54.4 Å². The average molecular weight is 428 g/mol. The van der Waals surface area contributed by atoms with Gasteiger partial charge in [-0.2, -0.15) is 0 Å². The van der Waals surface area contributed by atoms with Gasteiger partial charge in [0.2, 0.25) is 5.91 Å². The van der Waals surface area contributed by atoms with E-state index in [1.807, 2.05) is 41.5 Å². The Morgan fingerprint density at radius 2 is 1.64 bits per heavy atom. The van der Waals surface area contributed by atoms with Gasteiger partial charge >= 0.3 is 0 Å². The molecule has 0 atom stereocenters. The van der Waals surface area contributed by atoms with Gasteiger partial charge in [-0.1, -0.05) is 13.8 Å². The summed E-state index contributed by atoms with van der Waals surface area (Å²) in [5.41, 5.74) is -1.01. The molecule has 7 heteroatoms. The van der Waals surface area contributed by atoms with E-state index in [9.17, 15) is 9.90 Å². The van der Waals surface area contributed by atoms with Crippen LogP contribution in [-0.4, -0.2) is 47.7 Å². The van der Waals surface area contributed by atoms with Crippen LogP contribution in [0, 0.1) is 0 Å². The number of nitrogens with one attached hydrogen (secondary N) is 3. The molecule has 0 saturated carbocycles. The first-order chi connectivity index (χ1) is 9.65. The van der Waals surface area contributed by atoms with E-state index >= 15 is 0 Å². The zero-order chi connectivity index (χ0) is 16.5. The molecule has 1 amide bonds. The maximum absolute atomic E-state index is 11.8. The van der Waals surface area contributed by atoms with E-state index in [2.05, 4.69) is 20.9 Å². The first-order valence-corrected chi connectivity index (χ1v) is 7.71. The van der Waals surface area contributed by atoms with Gasteiger partial charge in [0.15, 0.2) is 5.96 Å². The summed E-state index contributed by atoms with van der Waals surface area (Å²) in [4.78, 5) is 16.0. The Morgan fingerprint density at radius 1 is 1.09 bits per heavy atom. The summed E-state index contributed by atoms with van der Waals surface area (Å²) in [5.74, 6) is 0.419. The number of nitrogens with zero attached hydrogens (tertiary/aromatic N) is 1. The van der Waals surface area contributed by atoms with Crippen molar-refractivity contribution in [3.63, 3.8) is 0 Å². The molecule has 0 heterocycles. The highest BCUT2D eigenvalue weighted by Gasteiger charge is 2.22. The van der Waals surface area contributed by atoms with Crippen molar-refractivity contribution < 1.29 is 9.90 Å². The number of aliphatic imine (C=N–C) groups is 1. The maximum Gasteiger partial charge on any atom is 0.242 e. The third-order valence-electron chi connectivity index (χ3n) is 3.14. The SMILES string of the molecule is CCNC(=NCC(=O)NC(C)(C)C)NCC(O)(CC)CC.I. The number of hydrogen-bond acceptors (Lipinski definition) is 3. The average Bonchev–Trinajstić information content (AvgIpc) is 2.39. The molecule has 0 aromatic rings. The molecule has 0 aromatic heterocycles. The van der Waals surface area contributed by atoms with Crippen molar-refractivity contribution in [2.24, 2.45) is 4.99 Å². The lowest BCUT2D eigenvalue weighted by molar-refractivity contribution is -0.121. The zero-order valence-corrected chi connectivity index (χ0v) is 17.1. The van der Waals surface area contributed by atoms with Crippen molar-refractivity contribution in [3.05, 3.63) is 0 Å². The Labute approximate surface area is 151 Å². The first kappa shape index (κ1) is 23.7. The zero-order valence-electron chi connectivity index (χ0n) is 14.7.